The largest absolute Gasteiger partial charge is 0.444 e. The van der Waals surface area contributed by atoms with Crippen molar-refractivity contribution in [2.75, 3.05) is 5.43 Å². The molecule has 2 heterocycles. The van der Waals surface area contributed by atoms with Gasteiger partial charge in [-0.2, -0.15) is 0 Å². The Kier molecular flexibility index (Phi) is 4.21. The third-order valence-corrected chi connectivity index (χ3v) is 2.99. The summed E-state index contributed by atoms with van der Waals surface area (Å²) in [7, 11) is 0. The van der Waals surface area contributed by atoms with E-state index in [1.165, 1.54) is 6.07 Å². The lowest BCUT2D eigenvalue weighted by Crippen LogP contribution is -2.25. The van der Waals surface area contributed by atoms with Crippen molar-refractivity contribution in [2.24, 2.45) is 5.84 Å². The Morgan fingerprint density at radius 2 is 2.15 bits per heavy atom. The molecule has 0 aromatic carbocycles. The molecular weight excluding hydrogens is 282 g/mol. The number of hydrazine groups is 1. The van der Waals surface area contributed by atoms with Crippen molar-refractivity contribution in [2.45, 2.75) is 20.4 Å². The van der Waals surface area contributed by atoms with E-state index >= 15 is 0 Å². The van der Waals surface area contributed by atoms with E-state index in [-0.39, 0.29) is 17.3 Å². The Balaban J connectivity index is 2.08. The van der Waals surface area contributed by atoms with Crippen LogP contribution in [0.4, 0.5) is 5.82 Å². The van der Waals surface area contributed by atoms with Gasteiger partial charge in [0.1, 0.15) is 17.3 Å². The van der Waals surface area contributed by atoms with Gasteiger partial charge in [0.25, 0.3) is 5.91 Å². The molecule has 106 valence electrons. The number of nitrogen functional groups attached to an aromatic ring is 1. The van der Waals surface area contributed by atoms with Crippen LogP contribution in [-0.2, 0) is 6.54 Å². The highest BCUT2D eigenvalue weighted by Gasteiger charge is 2.14. The summed E-state index contributed by atoms with van der Waals surface area (Å²) < 4.78 is 5.36. The zero-order valence-corrected chi connectivity index (χ0v) is 11.8. The number of anilines is 1. The average molecular weight is 296 g/mol. The van der Waals surface area contributed by atoms with E-state index in [1.807, 2.05) is 13.8 Å². The second-order valence-electron chi connectivity index (χ2n) is 4.10. The summed E-state index contributed by atoms with van der Waals surface area (Å²) in [6, 6.07) is 3.11. The fraction of sp³-hybridized carbons (Fsp3) is 0.250. The molecule has 0 aliphatic heterocycles. The number of aromatic nitrogens is 2. The van der Waals surface area contributed by atoms with Gasteiger partial charge < -0.3 is 15.2 Å². The van der Waals surface area contributed by atoms with Crippen LogP contribution in [0.25, 0.3) is 0 Å². The van der Waals surface area contributed by atoms with Crippen molar-refractivity contribution in [3.8, 4) is 0 Å². The van der Waals surface area contributed by atoms with Gasteiger partial charge >= 0.3 is 0 Å². The highest BCUT2D eigenvalue weighted by Crippen LogP contribution is 2.16. The van der Waals surface area contributed by atoms with E-state index < -0.39 is 5.91 Å². The number of carbonyl (C=O) groups excluding carboxylic acids is 1. The molecule has 0 aliphatic rings. The Bertz CT molecular complexity index is 621. The molecule has 0 spiro atoms. The lowest BCUT2D eigenvalue weighted by Gasteiger charge is -2.06. The van der Waals surface area contributed by atoms with E-state index in [0.29, 0.717) is 11.7 Å². The molecule has 2 aromatic heterocycles. The van der Waals surface area contributed by atoms with Gasteiger partial charge in [-0.3, -0.25) is 4.79 Å². The monoisotopic (exact) mass is 295 g/mol. The molecule has 0 atom stereocenters. The molecule has 0 bridgehead atoms. The number of hydrogen-bond acceptors (Lipinski definition) is 6. The normalized spacial score (nSPS) is 10.4. The maximum atomic E-state index is 12.0. The Morgan fingerprint density at radius 3 is 2.75 bits per heavy atom. The van der Waals surface area contributed by atoms with Gasteiger partial charge in [-0.15, -0.1) is 0 Å². The maximum Gasteiger partial charge on any atom is 0.271 e. The molecule has 20 heavy (non-hydrogen) atoms. The van der Waals surface area contributed by atoms with Crippen LogP contribution in [0.2, 0.25) is 5.02 Å². The molecule has 7 nitrogen and oxygen atoms in total. The van der Waals surface area contributed by atoms with Crippen molar-refractivity contribution in [3.63, 3.8) is 0 Å². The summed E-state index contributed by atoms with van der Waals surface area (Å²) in [5, 5.41) is 2.87. The van der Waals surface area contributed by atoms with Crippen LogP contribution < -0.4 is 16.6 Å². The zero-order chi connectivity index (χ0) is 14.7. The molecule has 8 heteroatoms. The second kappa shape index (κ2) is 5.89. The summed E-state index contributed by atoms with van der Waals surface area (Å²) in [6.45, 7) is 3.80. The van der Waals surface area contributed by atoms with Crippen LogP contribution in [-0.4, -0.2) is 15.9 Å². The van der Waals surface area contributed by atoms with Crippen LogP contribution >= 0.6 is 11.6 Å². The smallest absolute Gasteiger partial charge is 0.271 e. The third-order valence-electron chi connectivity index (χ3n) is 2.68. The first-order valence-corrected chi connectivity index (χ1v) is 6.23. The summed E-state index contributed by atoms with van der Waals surface area (Å²) in [4.78, 5) is 20.2. The van der Waals surface area contributed by atoms with Crippen molar-refractivity contribution < 1.29 is 9.21 Å². The Hall–Kier alpha value is -2.12. The van der Waals surface area contributed by atoms with Crippen LogP contribution in [0.3, 0.4) is 0 Å². The standard InChI is InChI=1S/C12H14ClN5O2/c1-6-7(2)20-10(16-6)5-15-12(19)11-8(13)3-4-9(17-11)18-14/h3-4H,5,14H2,1-2H3,(H,15,19)(H,17,18). The zero-order valence-electron chi connectivity index (χ0n) is 11.0. The Morgan fingerprint density at radius 1 is 1.40 bits per heavy atom. The number of oxazole rings is 1. The first kappa shape index (κ1) is 14.3. The molecule has 0 saturated heterocycles. The van der Waals surface area contributed by atoms with Crippen molar-refractivity contribution in [3.05, 3.63) is 40.2 Å². The molecule has 2 aromatic rings. The lowest BCUT2D eigenvalue weighted by atomic mass is 10.3. The van der Waals surface area contributed by atoms with Gasteiger partial charge in [-0.25, -0.2) is 15.8 Å². The second-order valence-corrected chi connectivity index (χ2v) is 4.51. The molecule has 4 N–H and O–H groups in total. The molecule has 2 rings (SSSR count). The maximum absolute atomic E-state index is 12.0. The fourth-order valence-electron chi connectivity index (χ4n) is 1.54. The number of nitrogens with two attached hydrogens (primary N) is 1. The van der Waals surface area contributed by atoms with Gasteiger partial charge in [0.05, 0.1) is 17.3 Å². The van der Waals surface area contributed by atoms with Gasteiger partial charge in [-0.05, 0) is 26.0 Å². The van der Waals surface area contributed by atoms with E-state index in [0.717, 1.165) is 11.5 Å². The summed E-state index contributed by atoms with van der Waals surface area (Å²) in [6.07, 6.45) is 0. The number of pyridine rings is 1. The van der Waals surface area contributed by atoms with Gasteiger partial charge in [0, 0.05) is 0 Å². The number of halogens is 1. The number of amides is 1. The quantitative estimate of drug-likeness (QED) is 0.584. The third kappa shape index (κ3) is 3.06. The first-order valence-electron chi connectivity index (χ1n) is 5.85. The van der Waals surface area contributed by atoms with E-state index in [4.69, 9.17) is 21.9 Å². The molecule has 1 amide bonds. The number of nitrogens with zero attached hydrogens (tertiary/aromatic N) is 2. The average Bonchev–Trinajstić information content (AvgIpc) is 2.76. The molecular formula is C12H14ClN5O2. The number of carbonyl (C=O) groups is 1. The SMILES string of the molecule is Cc1nc(CNC(=O)c2nc(NN)ccc2Cl)oc1C. The topological polar surface area (TPSA) is 106 Å². The number of aryl methyl sites for hydroxylation is 2. The van der Waals surface area contributed by atoms with Gasteiger partial charge in [0.15, 0.2) is 0 Å². The van der Waals surface area contributed by atoms with Crippen LogP contribution in [0.1, 0.15) is 27.8 Å². The molecule has 0 unspecified atom stereocenters. The van der Waals surface area contributed by atoms with Crippen molar-refractivity contribution >= 4 is 23.3 Å². The molecule has 0 fully saturated rings. The molecule has 0 aliphatic carbocycles. The van der Waals surface area contributed by atoms with Gasteiger partial charge in [-0.1, -0.05) is 11.6 Å². The van der Waals surface area contributed by atoms with Crippen molar-refractivity contribution in [1.82, 2.24) is 15.3 Å². The molecule has 0 saturated carbocycles. The van der Waals surface area contributed by atoms with Crippen LogP contribution in [0, 0.1) is 13.8 Å². The first-order chi connectivity index (χ1) is 9.51. The highest BCUT2D eigenvalue weighted by molar-refractivity contribution is 6.33. The van der Waals surface area contributed by atoms with Crippen LogP contribution in [0.15, 0.2) is 16.5 Å². The van der Waals surface area contributed by atoms with E-state index in [2.05, 4.69) is 20.7 Å². The van der Waals surface area contributed by atoms with Crippen LogP contribution in [0.5, 0.6) is 0 Å². The fourth-order valence-corrected chi connectivity index (χ4v) is 1.73. The van der Waals surface area contributed by atoms with E-state index in [9.17, 15) is 4.79 Å². The minimum absolute atomic E-state index is 0.0853. The summed E-state index contributed by atoms with van der Waals surface area (Å²) >= 11 is 5.93. The highest BCUT2D eigenvalue weighted by atomic mass is 35.5. The van der Waals surface area contributed by atoms with E-state index in [1.54, 1.807) is 6.07 Å². The predicted octanol–water partition coefficient (Wildman–Crippen LogP) is 1.56. The minimum atomic E-state index is -0.430. The van der Waals surface area contributed by atoms with Crippen molar-refractivity contribution in [1.29, 1.82) is 0 Å². The minimum Gasteiger partial charge on any atom is -0.444 e. The number of rotatable bonds is 4. The number of nitrogens with one attached hydrogen (secondary N) is 2. The molecule has 0 radical (unpaired) electrons. The Labute approximate surface area is 120 Å². The van der Waals surface area contributed by atoms with Gasteiger partial charge in [0.2, 0.25) is 5.89 Å². The summed E-state index contributed by atoms with van der Waals surface area (Å²) in [5.74, 6) is 6.31. The summed E-state index contributed by atoms with van der Waals surface area (Å²) in [5.41, 5.74) is 3.23. The number of hydrogen-bond donors (Lipinski definition) is 3. The lowest BCUT2D eigenvalue weighted by molar-refractivity contribution is 0.0942. The predicted molar refractivity (Wildman–Crippen MR) is 74.2 cm³/mol.